The Balaban J connectivity index is 1.36. The van der Waals surface area contributed by atoms with Crippen LogP contribution in [0.2, 0.25) is 0 Å². The van der Waals surface area contributed by atoms with Crippen LogP contribution in [-0.4, -0.2) is 66.4 Å². The monoisotopic (exact) mass is 479 g/mol. The number of amides is 3. The molecule has 3 amide bonds. The average Bonchev–Trinajstić information content (AvgIpc) is 3.72. The van der Waals surface area contributed by atoms with Gasteiger partial charge in [0, 0.05) is 44.2 Å². The predicted molar refractivity (Wildman–Crippen MR) is 131 cm³/mol. The van der Waals surface area contributed by atoms with E-state index in [1.54, 1.807) is 38.3 Å². The Morgan fingerprint density at radius 3 is 2.23 bits per heavy atom. The Kier molecular flexibility index (Phi) is 7.90. The second kappa shape index (κ2) is 11.3. The molecule has 0 unspecified atom stereocenters. The number of rotatable bonds is 9. The molecule has 1 N–H and O–H groups in total. The quantitative estimate of drug-likeness (QED) is 0.597. The summed E-state index contributed by atoms with van der Waals surface area (Å²) in [7, 11) is 1.60. The summed E-state index contributed by atoms with van der Waals surface area (Å²) in [5.41, 5.74) is 1.25. The smallest absolute Gasteiger partial charge is 0.261 e. The van der Waals surface area contributed by atoms with Crippen LogP contribution in [0.25, 0.3) is 0 Å². The number of hydrogen-bond acceptors (Lipinski definition) is 5. The number of carbonyl (C=O) groups excluding carboxylic acids is 3. The largest absolute Gasteiger partial charge is 0.496 e. The van der Waals surface area contributed by atoms with E-state index in [4.69, 9.17) is 9.47 Å². The first-order chi connectivity index (χ1) is 17.0. The molecule has 4 rings (SSSR count). The number of likely N-dealkylation sites (tertiary alicyclic amines) is 1. The molecule has 0 bridgehead atoms. The van der Waals surface area contributed by atoms with Gasteiger partial charge in [-0.2, -0.15) is 0 Å². The van der Waals surface area contributed by atoms with Gasteiger partial charge in [-0.1, -0.05) is 30.3 Å². The van der Waals surface area contributed by atoms with Gasteiger partial charge in [-0.15, -0.1) is 0 Å². The molecule has 2 aromatic rings. The molecule has 2 aromatic carbocycles. The van der Waals surface area contributed by atoms with Crippen LogP contribution in [-0.2, 0) is 16.1 Å². The molecule has 2 aliphatic rings. The molecule has 0 radical (unpaired) electrons. The van der Waals surface area contributed by atoms with Gasteiger partial charge >= 0.3 is 0 Å². The number of methoxy groups -OCH3 is 1. The third-order valence-corrected chi connectivity index (χ3v) is 6.65. The Morgan fingerprint density at radius 2 is 1.57 bits per heavy atom. The van der Waals surface area contributed by atoms with Crippen LogP contribution in [0.1, 0.15) is 48.5 Å². The molecule has 1 aliphatic carbocycles. The molecule has 186 valence electrons. The Hall–Kier alpha value is -3.55. The first-order valence-corrected chi connectivity index (χ1v) is 12.2. The van der Waals surface area contributed by atoms with Crippen molar-refractivity contribution in [3.8, 4) is 11.5 Å². The topological polar surface area (TPSA) is 88.2 Å². The van der Waals surface area contributed by atoms with Gasteiger partial charge in [0.05, 0.1) is 12.7 Å². The van der Waals surface area contributed by atoms with Gasteiger partial charge in [0.25, 0.3) is 11.8 Å². The van der Waals surface area contributed by atoms with Crippen molar-refractivity contribution in [2.45, 2.75) is 51.2 Å². The maximum Gasteiger partial charge on any atom is 0.261 e. The van der Waals surface area contributed by atoms with Crippen LogP contribution in [0.15, 0.2) is 48.5 Å². The van der Waals surface area contributed by atoms with Crippen LogP contribution in [0.4, 0.5) is 0 Å². The number of piperidine rings is 1. The van der Waals surface area contributed by atoms with Crippen LogP contribution in [0, 0.1) is 0 Å². The van der Waals surface area contributed by atoms with Crippen LogP contribution in [0.5, 0.6) is 11.5 Å². The van der Waals surface area contributed by atoms with E-state index in [1.807, 2.05) is 34.1 Å². The number of carbonyl (C=O) groups is 3. The summed E-state index contributed by atoms with van der Waals surface area (Å²) in [6, 6.07) is 14.8. The van der Waals surface area contributed by atoms with Gasteiger partial charge in [0.15, 0.2) is 6.61 Å². The second-order valence-corrected chi connectivity index (χ2v) is 9.05. The maximum atomic E-state index is 13.2. The summed E-state index contributed by atoms with van der Waals surface area (Å²) >= 11 is 0. The molecule has 0 aromatic heterocycles. The van der Waals surface area contributed by atoms with Crippen molar-refractivity contribution in [3.63, 3.8) is 0 Å². The van der Waals surface area contributed by atoms with Crippen molar-refractivity contribution in [1.29, 1.82) is 0 Å². The van der Waals surface area contributed by atoms with Gasteiger partial charge in [-0.05, 0) is 43.9 Å². The number of para-hydroxylation sites is 2. The Bertz CT molecular complexity index is 1060. The molecule has 1 heterocycles. The van der Waals surface area contributed by atoms with Crippen LogP contribution >= 0.6 is 0 Å². The highest BCUT2D eigenvalue weighted by Gasteiger charge is 2.39. The summed E-state index contributed by atoms with van der Waals surface area (Å²) in [6.07, 6.45) is 3.56. The minimum atomic E-state index is -0.283. The highest BCUT2D eigenvalue weighted by molar-refractivity contribution is 5.97. The molecular formula is C27H33N3O5. The number of ether oxygens (including phenoxy) is 2. The lowest BCUT2D eigenvalue weighted by atomic mass is 10.0. The molecule has 1 saturated heterocycles. The van der Waals surface area contributed by atoms with Gasteiger partial charge in [0.2, 0.25) is 5.91 Å². The van der Waals surface area contributed by atoms with Crippen molar-refractivity contribution in [1.82, 2.24) is 15.1 Å². The third-order valence-electron chi connectivity index (χ3n) is 6.65. The van der Waals surface area contributed by atoms with Crippen molar-refractivity contribution in [2.75, 3.05) is 26.8 Å². The van der Waals surface area contributed by atoms with Crippen LogP contribution in [0.3, 0.4) is 0 Å². The van der Waals surface area contributed by atoms with Crippen molar-refractivity contribution in [2.24, 2.45) is 0 Å². The normalized spacial score (nSPS) is 15.9. The highest BCUT2D eigenvalue weighted by atomic mass is 16.5. The zero-order chi connectivity index (χ0) is 24.8. The van der Waals surface area contributed by atoms with E-state index in [9.17, 15) is 14.4 Å². The number of benzene rings is 2. The van der Waals surface area contributed by atoms with Crippen LogP contribution < -0.4 is 14.8 Å². The molecule has 1 saturated carbocycles. The molecule has 8 nitrogen and oxygen atoms in total. The lowest BCUT2D eigenvalue weighted by molar-refractivity contribution is -0.138. The lowest BCUT2D eigenvalue weighted by Gasteiger charge is -2.38. The Labute approximate surface area is 206 Å². The summed E-state index contributed by atoms with van der Waals surface area (Å²) in [4.78, 5) is 41.5. The number of hydrogen-bond donors (Lipinski definition) is 1. The second-order valence-electron chi connectivity index (χ2n) is 9.05. The summed E-state index contributed by atoms with van der Waals surface area (Å²) < 4.78 is 11.2. The number of nitrogens with one attached hydrogen (secondary N) is 1. The van der Waals surface area contributed by atoms with E-state index in [2.05, 4.69) is 5.32 Å². The van der Waals surface area contributed by atoms with Gasteiger partial charge in [0.1, 0.15) is 11.5 Å². The van der Waals surface area contributed by atoms with Crippen molar-refractivity contribution >= 4 is 17.7 Å². The summed E-state index contributed by atoms with van der Waals surface area (Å²) in [5.74, 6) is 0.807. The van der Waals surface area contributed by atoms with E-state index in [0.29, 0.717) is 36.7 Å². The van der Waals surface area contributed by atoms with E-state index < -0.39 is 0 Å². The zero-order valence-electron chi connectivity index (χ0n) is 20.4. The molecule has 0 spiro atoms. The standard InChI is InChI=1S/C27H33N3O5/c1-19(31)29-15-13-22(14-16-29)30(21-11-12-21)26(32)18-35-25-10-6-4-8-23(25)27(33)28-17-20-7-3-5-9-24(20)34-2/h3-10,21-22H,11-18H2,1-2H3,(H,28,33). The first-order valence-electron chi connectivity index (χ1n) is 12.2. The zero-order valence-corrected chi connectivity index (χ0v) is 20.4. The highest BCUT2D eigenvalue weighted by Crippen LogP contribution is 2.32. The molecule has 2 fully saturated rings. The lowest BCUT2D eigenvalue weighted by Crippen LogP contribution is -2.50. The number of nitrogens with zero attached hydrogens (tertiary/aromatic N) is 2. The maximum absolute atomic E-state index is 13.2. The van der Waals surface area contributed by atoms with E-state index in [0.717, 1.165) is 31.2 Å². The molecule has 0 atom stereocenters. The fourth-order valence-corrected chi connectivity index (χ4v) is 4.63. The minimum absolute atomic E-state index is 0.0713. The van der Waals surface area contributed by atoms with Gasteiger partial charge in [-0.3, -0.25) is 14.4 Å². The van der Waals surface area contributed by atoms with Gasteiger partial charge < -0.3 is 24.6 Å². The summed E-state index contributed by atoms with van der Waals surface area (Å²) in [5, 5.41) is 2.91. The van der Waals surface area contributed by atoms with E-state index in [-0.39, 0.29) is 36.4 Å². The Morgan fingerprint density at radius 1 is 0.943 bits per heavy atom. The SMILES string of the molecule is COc1ccccc1CNC(=O)c1ccccc1OCC(=O)N(C1CC1)C1CCN(C(C)=O)CC1. The fourth-order valence-electron chi connectivity index (χ4n) is 4.63. The minimum Gasteiger partial charge on any atom is -0.496 e. The molecule has 35 heavy (non-hydrogen) atoms. The van der Waals surface area contributed by atoms with E-state index >= 15 is 0 Å². The van der Waals surface area contributed by atoms with Crippen molar-refractivity contribution in [3.05, 3.63) is 59.7 Å². The van der Waals surface area contributed by atoms with Gasteiger partial charge in [-0.25, -0.2) is 0 Å². The molecular weight excluding hydrogens is 446 g/mol. The third kappa shape index (κ3) is 6.12. The molecule has 1 aliphatic heterocycles. The van der Waals surface area contributed by atoms with E-state index in [1.165, 1.54) is 0 Å². The average molecular weight is 480 g/mol. The fraction of sp³-hybridized carbons (Fsp3) is 0.444. The predicted octanol–water partition coefficient (Wildman–Crippen LogP) is 3.01. The summed E-state index contributed by atoms with van der Waals surface area (Å²) in [6.45, 7) is 3.12. The first kappa shape index (κ1) is 24.6. The molecule has 8 heteroatoms. The van der Waals surface area contributed by atoms with Crippen molar-refractivity contribution < 1.29 is 23.9 Å².